The van der Waals surface area contributed by atoms with Gasteiger partial charge in [0, 0.05) is 34.6 Å². The van der Waals surface area contributed by atoms with Crippen LogP contribution < -0.4 is 20.9 Å². The zero-order valence-electron chi connectivity index (χ0n) is 22.0. The van der Waals surface area contributed by atoms with Crippen molar-refractivity contribution in [3.63, 3.8) is 0 Å². The molecule has 0 fully saturated rings. The highest BCUT2D eigenvalue weighted by atomic mass is 16.5. The van der Waals surface area contributed by atoms with Gasteiger partial charge in [0.05, 0.1) is 24.7 Å². The highest BCUT2D eigenvalue weighted by Gasteiger charge is 2.23. The summed E-state index contributed by atoms with van der Waals surface area (Å²) in [7, 11) is 1.60. The molecule has 4 rings (SSSR count). The van der Waals surface area contributed by atoms with Gasteiger partial charge in [-0.1, -0.05) is 31.0 Å². The summed E-state index contributed by atoms with van der Waals surface area (Å²) in [5, 5.41) is 16.3. The van der Waals surface area contributed by atoms with Crippen LogP contribution in [-0.4, -0.2) is 46.0 Å². The van der Waals surface area contributed by atoms with E-state index in [-0.39, 0.29) is 24.7 Å². The zero-order chi connectivity index (χ0) is 27.8. The predicted octanol–water partition coefficient (Wildman–Crippen LogP) is 4.16. The first-order valence-electron chi connectivity index (χ1n) is 12.9. The summed E-state index contributed by atoms with van der Waals surface area (Å²) in [6.07, 6.45) is 4.15. The highest BCUT2D eigenvalue weighted by molar-refractivity contribution is 6.03. The SMILES string of the molecule is COc1ccc2[nH]c(C)c(CC(=O)N[C@@H](CCCCCC(=O)NO)C(=O)Nc3cccc4cccnc34)c2c1. The molecule has 0 aliphatic rings. The van der Waals surface area contributed by atoms with Gasteiger partial charge in [0.25, 0.3) is 0 Å². The molecule has 0 radical (unpaired) electrons. The number of methoxy groups -OCH3 is 1. The van der Waals surface area contributed by atoms with Crippen LogP contribution in [0.2, 0.25) is 0 Å². The van der Waals surface area contributed by atoms with Crippen LogP contribution in [0.4, 0.5) is 5.69 Å². The van der Waals surface area contributed by atoms with Gasteiger partial charge in [-0.3, -0.25) is 24.6 Å². The number of anilines is 1. The largest absolute Gasteiger partial charge is 0.497 e. The Morgan fingerprint density at radius 2 is 1.87 bits per heavy atom. The van der Waals surface area contributed by atoms with Crippen LogP contribution in [0.5, 0.6) is 5.75 Å². The zero-order valence-corrected chi connectivity index (χ0v) is 22.0. The molecule has 0 aliphatic carbocycles. The Hall–Kier alpha value is -4.44. The average Bonchev–Trinajstić information content (AvgIpc) is 3.25. The van der Waals surface area contributed by atoms with Crippen molar-refractivity contribution in [1.29, 1.82) is 0 Å². The van der Waals surface area contributed by atoms with Gasteiger partial charge >= 0.3 is 0 Å². The van der Waals surface area contributed by atoms with Crippen LogP contribution in [0.15, 0.2) is 54.7 Å². The molecule has 10 nitrogen and oxygen atoms in total. The molecule has 0 unspecified atom stereocenters. The molecule has 1 atom stereocenters. The van der Waals surface area contributed by atoms with Gasteiger partial charge in [-0.15, -0.1) is 0 Å². The fourth-order valence-electron chi connectivity index (χ4n) is 4.68. The molecule has 0 aliphatic heterocycles. The van der Waals surface area contributed by atoms with Crippen molar-refractivity contribution in [2.45, 2.75) is 51.5 Å². The van der Waals surface area contributed by atoms with E-state index < -0.39 is 11.9 Å². The monoisotopic (exact) mass is 531 g/mol. The van der Waals surface area contributed by atoms with Gasteiger partial charge in [0.1, 0.15) is 11.8 Å². The molecule has 5 N–H and O–H groups in total. The van der Waals surface area contributed by atoms with Crippen molar-refractivity contribution < 1.29 is 24.3 Å². The quantitative estimate of drug-likeness (QED) is 0.105. The predicted molar refractivity (Wildman–Crippen MR) is 149 cm³/mol. The van der Waals surface area contributed by atoms with Crippen LogP contribution in [0.3, 0.4) is 0 Å². The third kappa shape index (κ3) is 6.91. The number of benzene rings is 2. The number of H-pyrrole nitrogens is 1. The van der Waals surface area contributed by atoms with Gasteiger partial charge in [-0.25, -0.2) is 5.48 Å². The van der Waals surface area contributed by atoms with E-state index in [0.717, 1.165) is 27.5 Å². The molecule has 0 spiro atoms. The molecule has 3 amide bonds. The van der Waals surface area contributed by atoms with Crippen LogP contribution in [-0.2, 0) is 20.8 Å². The molecule has 2 aromatic carbocycles. The van der Waals surface area contributed by atoms with Gasteiger partial charge < -0.3 is 20.4 Å². The highest BCUT2D eigenvalue weighted by Crippen LogP contribution is 2.27. The van der Waals surface area contributed by atoms with Crippen molar-refractivity contribution in [1.82, 2.24) is 20.8 Å². The Bertz CT molecular complexity index is 1480. The Morgan fingerprint density at radius 3 is 2.67 bits per heavy atom. The number of aromatic nitrogens is 2. The second kappa shape index (κ2) is 12.9. The van der Waals surface area contributed by atoms with Crippen LogP contribution >= 0.6 is 0 Å². The lowest BCUT2D eigenvalue weighted by molar-refractivity contribution is -0.129. The van der Waals surface area contributed by atoms with E-state index >= 15 is 0 Å². The molecule has 4 aromatic rings. The first-order valence-corrected chi connectivity index (χ1v) is 12.9. The number of unbranched alkanes of at least 4 members (excludes halogenated alkanes) is 2. The molecule has 0 saturated carbocycles. The van der Waals surface area contributed by atoms with E-state index in [1.807, 2.05) is 49.4 Å². The van der Waals surface area contributed by atoms with E-state index in [1.165, 1.54) is 0 Å². The number of carbonyl (C=O) groups is 3. The fraction of sp³-hybridized carbons (Fsp3) is 0.310. The number of hydroxylamine groups is 1. The van der Waals surface area contributed by atoms with Crippen molar-refractivity contribution in [2.24, 2.45) is 0 Å². The molecule has 0 saturated heterocycles. The molecule has 39 heavy (non-hydrogen) atoms. The first-order chi connectivity index (χ1) is 18.9. The number of pyridine rings is 1. The maximum Gasteiger partial charge on any atom is 0.247 e. The summed E-state index contributed by atoms with van der Waals surface area (Å²) in [5.41, 5.74) is 5.47. The number of carbonyl (C=O) groups excluding carboxylic acids is 3. The van der Waals surface area contributed by atoms with Crippen LogP contribution in [0.25, 0.3) is 21.8 Å². The molecule has 204 valence electrons. The minimum atomic E-state index is -0.789. The molecule has 2 heterocycles. The van der Waals surface area contributed by atoms with Crippen molar-refractivity contribution >= 4 is 45.2 Å². The standard InChI is InChI=1S/C29H33N5O5/c1-18-21(22-16-20(39-2)13-14-23(22)31-18)17-27(36)32-25(10-4-3-5-12-26(35)34-38)29(37)33-24-11-6-8-19-9-7-15-30-28(19)24/h6-9,11,13-16,25,31,38H,3-5,10,12,17H2,1-2H3,(H,32,36)(H,33,37)(H,34,35)/t25-/m0/s1. The number of ether oxygens (including phenoxy) is 1. The second-order valence-electron chi connectivity index (χ2n) is 9.44. The first kappa shape index (κ1) is 27.6. The van der Waals surface area contributed by atoms with Crippen LogP contribution in [0, 0.1) is 6.92 Å². The lowest BCUT2D eigenvalue weighted by Gasteiger charge is -2.19. The third-order valence-corrected chi connectivity index (χ3v) is 6.73. The summed E-state index contributed by atoms with van der Waals surface area (Å²) < 4.78 is 5.35. The minimum absolute atomic E-state index is 0.0925. The van der Waals surface area contributed by atoms with Crippen molar-refractivity contribution in [3.8, 4) is 5.75 Å². The number of para-hydroxylation sites is 1. The summed E-state index contributed by atoms with van der Waals surface area (Å²) in [5.74, 6) is -0.379. The number of hydrogen-bond acceptors (Lipinski definition) is 6. The molecular formula is C29H33N5O5. The van der Waals surface area contributed by atoms with E-state index in [0.29, 0.717) is 42.6 Å². The fourth-order valence-corrected chi connectivity index (χ4v) is 4.68. The molecular weight excluding hydrogens is 498 g/mol. The van der Waals surface area contributed by atoms with Crippen molar-refractivity contribution in [3.05, 3.63) is 66.0 Å². The Labute approximate surface area is 226 Å². The van der Waals surface area contributed by atoms with Gasteiger partial charge in [0.2, 0.25) is 17.7 Å². The number of aromatic amines is 1. The normalized spacial score (nSPS) is 11.8. The van der Waals surface area contributed by atoms with E-state index in [1.54, 1.807) is 24.9 Å². The Kier molecular flexibility index (Phi) is 9.11. The van der Waals surface area contributed by atoms with E-state index in [9.17, 15) is 14.4 Å². The number of nitrogens with zero attached hydrogens (tertiary/aromatic N) is 1. The van der Waals surface area contributed by atoms with E-state index in [4.69, 9.17) is 9.94 Å². The number of hydrogen-bond donors (Lipinski definition) is 5. The smallest absolute Gasteiger partial charge is 0.247 e. The molecule has 0 bridgehead atoms. The maximum absolute atomic E-state index is 13.4. The van der Waals surface area contributed by atoms with Gasteiger partial charge in [-0.2, -0.15) is 0 Å². The Balaban J connectivity index is 1.49. The van der Waals surface area contributed by atoms with Crippen molar-refractivity contribution in [2.75, 3.05) is 12.4 Å². The second-order valence-corrected chi connectivity index (χ2v) is 9.44. The third-order valence-electron chi connectivity index (χ3n) is 6.73. The lowest BCUT2D eigenvalue weighted by Crippen LogP contribution is -2.44. The number of fused-ring (bicyclic) bond motifs is 2. The maximum atomic E-state index is 13.4. The Morgan fingerprint density at radius 1 is 1.05 bits per heavy atom. The summed E-state index contributed by atoms with van der Waals surface area (Å²) >= 11 is 0. The van der Waals surface area contributed by atoms with Crippen LogP contribution in [0.1, 0.15) is 43.4 Å². The summed E-state index contributed by atoms with van der Waals surface area (Å²) in [6, 6.07) is 14.1. The summed E-state index contributed by atoms with van der Waals surface area (Å²) in [4.78, 5) is 45.6. The van der Waals surface area contributed by atoms with E-state index in [2.05, 4.69) is 20.6 Å². The average molecular weight is 532 g/mol. The topological polar surface area (TPSA) is 145 Å². The molecule has 2 aromatic heterocycles. The lowest BCUT2D eigenvalue weighted by atomic mass is 10.0. The molecule has 10 heteroatoms. The van der Waals surface area contributed by atoms with Gasteiger partial charge in [0.15, 0.2) is 0 Å². The minimum Gasteiger partial charge on any atom is -0.497 e. The van der Waals surface area contributed by atoms with Gasteiger partial charge in [-0.05, 0) is 55.7 Å². The number of nitrogens with one attached hydrogen (secondary N) is 4. The number of aryl methyl sites for hydroxylation is 1. The summed E-state index contributed by atoms with van der Waals surface area (Å²) in [6.45, 7) is 1.91. The number of amides is 3. The number of rotatable bonds is 12.